The number of sulfonamides is 1. The molecule has 0 aliphatic rings. The van der Waals surface area contributed by atoms with Gasteiger partial charge in [-0.2, -0.15) is 0 Å². The van der Waals surface area contributed by atoms with E-state index in [1.807, 2.05) is 0 Å². The Morgan fingerprint density at radius 2 is 1.92 bits per heavy atom. The first-order valence-electron chi connectivity index (χ1n) is 7.60. The molecule has 0 aliphatic heterocycles. The van der Waals surface area contributed by atoms with Crippen molar-refractivity contribution in [3.63, 3.8) is 0 Å². The molecule has 2 N–H and O–H groups in total. The second kappa shape index (κ2) is 8.97. The van der Waals surface area contributed by atoms with Gasteiger partial charge in [-0.3, -0.25) is 9.59 Å². The highest BCUT2D eigenvalue weighted by Crippen LogP contribution is 2.14. The molecule has 8 nitrogen and oxygen atoms in total. The summed E-state index contributed by atoms with van der Waals surface area (Å²) < 4.78 is 36.0. The average molecular weight is 378 g/mol. The average Bonchev–Trinajstić information content (AvgIpc) is 3.13. The van der Waals surface area contributed by atoms with Gasteiger partial charge in [0.2, 0.25) is 15.9 Å². The quantitative estimate of drug-likeness (QED) is 0.534. The number of anilines is 1. The standard InChI is InChI=1S/C17H18N2O6S/c1-24-17(21)10-11-18-26(22,23)15-7-4-13(5-8-15)19-16(20)9-6-14-3-2-12-25-14/h2-9,12,18H,10-11H2,1H3,(H,19,20)/b9-6+. The Bertz CT molecular complexity index is 870. The molecule has 2 rings (SSSR count). The molecule has 1 heterocycles. The van der Waals surface area contributed by atoms with Crippen molar-refractivity contribution < 1.29 is 27.2 Å². The third kappa shape index (κ3) is 5.87. The van der Waals surface area contributed by atoms with Gasteiger partial charge in [-0.25, -0.2) is 13.1 Å². The van der Waals surface area contributed by atoms with Gasteiger partial charge in [0.1, 0.15) is 5.76 Å². The van der Waals surface area contributed by atoms with Gasteiger partial charge in [0.15, 0.2) is 0 Å². The monoisotopic (exact) mass is 378 g/mol. The predicted octanol–water partition coefficient (Wildman–Crippen LogP) is 1.77. The Morgan fingerprint density at radius 3 is 2.54 bits per heavy atom. The Balaban J connectivity index is 1.92. The van der Waals surface area contributed by atoms with Crippen molar-refractivity contribution in [1.82, 2.24) is 4.72 Å². The normalized spacial score (nSPS) is 11.4. The predicted molar refractivity (Wildman–Crippen MR) is 94.6 cm³/mol. The van der Waals surface area contributed by atoms with E-state index in [9.17, 15) is 18.0 Å². The molecule has 1 amide bonds. The molecule has 0 saturated heterocycles. The lowest BCUT2D eigenvalue weighted by Gasteiger charge is -2.07. The number of ether oxygens (including phenoxy) is 1. The molecule has 0 aliphatic carbocycles. The maximum Gasteiger partial charge on any atom is 0.306 e. The topological polar surface area (TPSA) is 115 Å². The number of hydrogen-bond acceptors (Lipinski definition) is 6. The number of nitrogens with one attached hydrogen (secondary N) is 2. The number of benzene rings is 1. The smallest absolute Gasteiger partial charge is 0.306 e. The molecule has 9 heteroatoms. The SMILES string of the molecule is COC(=O)CCNS(=O)(=O)c1ccc(NC(=O)/C=C/c2ccco2)cc1. The van der Waals surface area contributed by atoms with Crippen molar-refractivity contribution in [2.75, 3.05) is 19.0 Å². The molecular weight excluding hydrogens is 360 g/mol. The van der Waals surface area contributed by atoms with E-state index in [-0.39, 0.29) is 23.8 Å². The second-order valence-electron chi connectivity index (χ2n) is 5.09. The minimum absolute atomic E-state index is 0.0199. The van der Waals surface area contributed by atoms with Crippen LogP contribution in [0.3, 0.4) is 0 Å². The summed E-state index contributed by atoms with van der Waals surface area (Å²) in [6, 6.07) is 9.05. The van der Waals surface area contributed by atoms with Crippen LogP contribution in [0.15, 0.2) is 58.1 Å². The Morgan fingerprint density at radius 1 is 1.19 bits per heavy atom. The van der Waals surface area contributed by atoms with E-state index in [1.165, 1.54) is 49.8 Å². The first-order valence-corrected chi connectivity index (χ1v) is 9.08. The molecule has 1 aromatic carbocycles. The highest BCUT2D eigenvalue weighted by Gasteiger charge is 2.14. The maximum absolute atomic E-state index is 12.1. The zero-order chi connectivity index (χ0) is 19.0. The van der Waals surface area contributed by atoms with E-state index in [0.717, 1.165) is 0 Å². The first-order chi connectivity index (χ1) is 12.4. The van der Waals surface area contributed by atoms with E-state index < -0.39 is 16.0 Å². The summed E-state index contributed by atoms with van der Waals surface area (Å²) in [5.74, 6) is -0.346. The summed E-state index contributed by atoms with van der Waals surface area (Å²) in [4.78, 5) is 22.8. The van der Waals surface area contributed by atoms with Crippen molar-refractivity contribution in [2.45, 2.75) is 11.3 Å². The van der Waals surface area contributed by atoms with Gasteiger partial charge in [-0.15, -0.1) is 0 Å². The summed E-state index contributed by atoms with van der Waals surface area (Å²) in [5, 5.41) is 2.60. The summed E-state index contributed by atoms with van der Waals surface area (Å²) in [6.07, 6.45) is 4.25. The molecule has 0 unspecified atom stereocenters. The van der Waals surface area contributed by atoms with Crippen molar-refractivity contribution in [3.05, 3.63) is 54.5 Å². The molecule has 1 aromatic heterocycles. The number of carbonyl (C=O) groups is 2. The molecule has 0 spiro atoms. The number of hydrogen-bond donors (Lipinski definition) is 2. The van der Waals surface area contributed by atoms with E-state index >= 15 is 0 Å². The first kappa shape index (κ1) is 19.4. The molecule has 0 saturated carbocycles. The van der Waals surface area contributed by atoms with Crippen molar-refractivity contribution in [1.29, 1.82) is 0 Å². The van der Waals surface area contributed by atoms with Gasteiger partial charge in [-0.05, 0) is 42.5 Å². The Kier molecular flexibility index (Phi) is 6.70. The third-order valence-corrected chi connectivity index (χ3v) is 4.70. The lowest BCUT2D eigenvalue weighted by molar-refractivity contribution is -0.140. The summed E-state index contributed by atoms with van der Waals surface area (Å²) in [5.41, 5.74) is 0.438. The second-order valence-corrected chi connectivity index (χ2v) is 6.85. The van der Waals surface area contributed by atoms with Crippen LogP contribution in [0.5, 0.6) is 0 Å². The van der Waals surface area contributed by atoms with E-state index in [0.29, 0.717) is 11.4 Å². The van der Waals surface area contributed by atoms with Crippen molar-refractivity contribution in [3.8, 4) is 0 Å². The fourth-order valence-electron chi connectivity index (χ4n) is 1.92. The maximum atomic E-state index is 12.1. The van der Waals surface area contributed by atoms with Crippen LogP contribution >= 0.6 is 0 Å². The van der Waals surface area contributed by atoms with Gasteiger partial charge in [0.25, 0.3) is 0 Å². The molecule has 0 bridgehead atoms. The van der Waals surface area contributed by atoms with Gasteiger partial charge >= 0.3 is 5.97 Å². The van der Waals surface area contributed by atoms with Crippen LogP contribution in [0.4, 0.5) is 5.69 Å². The number of methoxy groups -OCH3 is 1. The molecule has 0 fully saturated rings. The third-order valence-electron chi connectivity index (χ3n) is 3.22. The van der Waals surface area contributed by atoms with Crippen LogP contribution in [-0.4, -0.2) is 33.9 Å². The number of esters is 1. The van der Waals surface area contributed by atoms with E-state index in [1.54, 1.807) is 12.1 Å². The zero-order valence-electron chi connectivity index (χ0n) is 14.0. The molecule has 2 aromatic rings. The van der Waals surface area contributed by atoms with Crippen molar-refractivity contribution >= 4 is 33.7 Å². The lowest BCUT2D eigenvalue weighted by Crippen LogP contribution is -2.26. The van der Waals surface area contributed by atoms with Gasteiger partial charge in [0, 0.05) is 18.3 Å². The molecule has 26 heavy (non-hydrogen) atoms. The van der Waals surface area contributed by atoms with Crippen LogP contribution in [0.2, 0.25) is 0 Å². The van der Waals surface area contributed by atoms with Crippen LogP contribution in [0, 0.1) is 0 Å². The Hall–Kier alpha value is -2.91. The van der Waals surface area contributed by atoms with Gasteiger partial charge in [-0.1, -0.05) is 0 Å². The summed E-state index contributed by atoms with van der Waals surface area (Å²) in [7, 11) is -2.52. The molecule has 138 valence electrons. The fourth-order valence-corrected chi connectivity index (χ4v) is 2.95. The number of carbonyl (C=O) groups excluding carboxylic acids is 2. The number of rotatable bonds is 8. The molecular formula is C17H18N2O6S. The Labute approximate surface area is 150 Å². The van der Waals surface area contributed by atoms with Crippen molar-refractivity contribution in [2.24, 2.45) is 0 Å². The van der Waals surface area contributed by atoms with Gasteiger partial charge < -0.3 is 14.5 Å². The highest BCUT2D eigenvalue weighted by molar-refractivity contribution is 7.89. The lowest BCUT2D eigenvalue weighted by atomic mass is 10.3. The summed E-state index contributed by atoms with van der Waals surface area (Å²) >= 11 is 0. The number of furan rings is 1. The molecule has 0 atom stereocenters. The van der Waals surface area contributed by atoms with Crippen LogP contribution in [0.1, 0.15) is 12.2 Å². The zero-order valence-corrected chi connectivity index (χ0v) is 14.8. The summed E-state index contributed by atoms with van der Waals surface area (Å²) in [6.45, 7) is -0.0644. The minimum Gasteiger partial charge on any atom is -0.469 e. The highest BCUT2D eigenvalue weighted by atomic mass is 32.2. The van der Waals surface area contributed by atoms with Gasteiger partial charge in [0.05, 0.1) is 24.7 Å². The number of amides is 1. The van der Waals surface area contributed by atoms with Crippen LogP contribution in [-0.2, 0) is 24.3 Å². The largest absolute Gasteiger partial charge is 0.469 e. The molecule has 0 radical (unpaired) electrons. The van der Waals surface area contributed by atoms with E-state index in [2.05, 4.69) is 14.8 Å². The fraction of sp³-hybridized carbons (Fsp3) is 0.176. The van der Waals surface area contributed by atoms with Crippen LogP contribution < -0.4 is 10.0 Å². The minimum atomic E-state index is -3.75. The van der Waals surface area contributed by atoms with E-state index in [4.69, 9.17) is 4.42 Å². The van der Waals surface area contributed by atoms with Crippen LogP contribution in [0.25, 0.3) is 6.08 Å².